The molecule has 5 nitrogen and oxygen atoms in total. The Hall–Kier alpha value is -1.85. The Kier molecular flexibility index (Phi) is 3.59. The Morgan fingerprint density at radius 3 is 2.53 bits per heavy atom. The summed E-state index contributed by atoms with van der Waals surface area (Å²) in [6, 6.07) is 7.37. The normalized spacial score (nSPS) is 11.8. The zero-order valence-corrected chi connectivity index (χ0v) is 10.9. The summed E-state index contributed by atoms with van der Waals surface area (Å²) in [4.78, 5) is 12.1. The largest absolute Gasteiger partial charge is 0.451 e. The topological polar surface area (TPSA) is 82.7 Å². The predicted molar refractivity (Wildman–Crippen MR) is 71.0 cm³/mol. The van der Waals surface area contributed by atoms with Crippen LogP contribution in [0.2, 0.25) is 0 Å². The van der Waals surface area contributed by atoms with Gasteiger partial charge in [-0.3, -0.25) is 4.79 Å². The fourth-order valence-corrected chi connectivity index (χ4v) is 1.85. The maximum Gasteiger partial charge on any atom is 0.287 e. The van der Waals surface area contributed by atoms with E-state index >= 15 is 0 Å². The molecule has 0 spiro atoms. The molecule has 3 N–H and O–H groups in total. The molecule has 0 bridgehead atoms. The summed E-state index contributed by atoms with van der Waals surface area (Å²) in [6.45, 7) is 2.65. The van der Waals surface area contributed by atoms with Gasteiger partial charge in [-0.25, -0.2) is 0 Å². The number of furan rings is 1. The Morgan fingerprint density at radius 1 is 1.32 bits per heavy atom. The number of aryl methyl sites for hydroxylation is 1. The molecule has 0 aliphatic heterocycles. The quantitative estimate of drug-likeness (QED) is 0.774. The molecule has 0 saturated heterocycles. The zero-order valence-electron chi connectivity index (χ0n) is 10.9. The smallest absolute Gasteiger partial charge is 0.287 e. The van der Waals surface area contributed by atoms with Crippen molar-refractivity contribution in [3.05, 3.63) is 35.6 Å². The van der Waals surface area contributed by atoms with Gasteiger partial charge in [-0.05, 0) is 19.9 Å². The molecule has 1 aromatic heterocycles. The SMILES string of the molecule is Cc1c(C(=O)NC(C)(CO)CO)oc2ccccc12. The molecule has 2 rings (SSSR count). The molecule has 19 heavy (non-hydrogen) atoms. The summed E-state index contributed by atoms with van der Waals surface area (Å²) in [5.41, 5.74) is 0.314. The van der Waals surface area contributed by atoms with Crippen LogP contribution in [0.4, 0.5) is 0 Å². The number of fused-ring (bicyclic) bond motifs is 1. The Bertz CT molecular complexity index is 599. The molecular formula is C14H17NO4. The minimum absolute atomic E-state index is 0.203. The van der Waals surface area contributed by atoms with E-state index < -0.39 is 11.4 Å². The number of carbonyl (C=O) groups excluding carboxylic acids is 1. The van der Waals surface area contributed by atoms with E-state index in [1.165, 1.54) is 0 Å². The first-order valence-corrected chi connectivity index (χ1v) is 6.03. The van der Waals surface area contributed by atoms with Crippen LogP contribution in [0, 0.1) is 6.92 Å². The van der Waals surface area contributed by atoms with Crippen molar-refractivity contribution in [3.8, 4) is 0 Å². The minimum atomic E-state index is -1.07. The second-order valence-electron chi connectivity index (χ2n) is 4.88. The summed E-state index contributed by atoms with van der Waals surface area (Å²) in [5.74, 6) is -0.242. The number of benzene rings is 1. The molecule has 0 fully saturated rings. The summed E-state index contributed by atoms with van der Waals surface area (Å²) in [5, 5.41) is 21.8. The standard InChI is InChI=1S/C14H17NO4/c1-9-10-5-3-4-6-11(10)19-12(9)13(18)15-14(2,7-16)8-17/h3-6,16-17H,7-8H2,1-2H3,(H,15,18). The fraction of sp³-hybridized carbons (Fsp3) is 0.357. The number of aliphatic hydroxyl groups is 2. The monoisotopic (exact) mass is 263 g/mol. The van der Waals surface area contributed by atoms with Crippen molar-refractivity contribution in [2.75, 3.05) is 13.2 Å². The highest BCUT2D eigenvalue weighted by atomic mass is 16.3. The molecule has 0 atom stereocenters. The van der Waals surface area contributed by atoms with Crippen molar-refractivity contribution in [3.63, 3.8) is 0 Å². The van der Waals surface area contributed by atoms with Gasteiger partial charge in [-0.1, -0.05) is 18.2 Å². The summed E-state index contributed by atoms with van der Waals surface area (Å²) >= 11 is 0. The molecule has 102 valence electrons. The molecule has 5 heteroatoms. The number of hydrogen-bond donors (Lipinski definition) is 3. The highest BCUT2D eigenvalue weighted by Gasteiger charge is 2.27. The van der Waals surface area contributed by atoms with Crippen molar-refractivity contribution in [1.29, 1.82) is 0 Å². The third-order valence-corrected chi connectivity index (χ3v) is 3.16. The van der Waals surface area contributed by atoms with Crippen molar-refractivity contribution in [1.82, 2.24) is 5.32 Å². The van der Waals surface area contributed by atoms with Crippen LogP contribution in [0.25, 0.3) is 11.0 Å². The maximum atomic E-state index is 12.1. The van der Waals surface area contributed by atoms with Gasteiger partial charge in [0.15, 0.2) is 5.76 Å². The van der Waals surface area contributed by atoms with Crippen LogP contribution in [-0.4, -0.2) is 34.9 Å². The number of amides is 1. The van der Waals surface area contributed by atoms with E-state index in [-0.39, 0.29) is 19.0 Å². The van der Waals surface area contributed by atoms with Gasteiger partial charge < -0.3 is 19.9 Å². The van der Waals surface area contributed by atoms with Gasteiger partial charge in [0.25, 0.3) is 5.91 Å². The van der Waals surface area contributed by atoms with Crippen molar-refractivity contribution < 1.29 is 19.4 Å². The fourth-order valence-electron chi connectivity index (χ4n) is 1.85. The first kappa shape index (κ1) is 13.6. The van der Waals surface area contributed by atoms with Crippen LogP contribution >= 0.6 is 0 Å². The molecule has 1 amide bonds. The molecule has 0 aliphatic rings. The number of carbonyl (C=O) groups is 1. The average molecular weight is 263 g/mol. The highest BCUT2D eigenvalue weighted by Crippen LogP contribution is 2.25. The lowest BCUT2D eigenvalue weighted by molar-refractivity contribution is 0.0701. The van der Waals surface area contributed by atoms with E-state index in [2.05, 4.69) is 5.32 Å². The van der Waals surface area contributed by atoms with Crippen LogP contribution < -0.4 is 5.32 Å². The van der Waals surface area contributed by atoms with Crippen LogP contribution in [0.5, 0.6) is 0 Å². The lowest BCUT2D eigenvalue weighted by Gasteiger charge is -2.25. The zero-order chi connectivity index (χ0) is 14.0. The summed E-state index contributed by atoms with van der Waals surface area (Å²) in [7, 11) is 0. The molecule has 1 heterocycles. The van der Waals surface area contributed by atoms with Crippen LogP contribution in [0.3, 0.4) is 0 Å². The van der Waals surface area contributed by atoms with Crippen LogP contribution in [-0.2, 0) is 0 Å². The van der Waals surface area contributed by atoms with Crippen molar-refractivity contribution in [2.45, 2.75) is 19.4 Å². The molecule has 0 unspecified atom stereocenters. The summed E-state index contributed by atoms with van der Waals surface area (Å²) < 4.78 is 5.52. The third kappa shape index (κ3) is 2.47. The van der Waals surface area contributed by atoms with Crippen LogP contribution in [0.15, 0.2) is 28.7 Å². The van der Waals surface area contributed by atoms with E-state index in [0.29, 0.717) is 5.58 Å². The molecule has 2 aromatic rings. The summed E-state index contributed by atoms with van der Waals surface area (Å²) in [6.07, 6.45) is 0. The van der Waals surface area contributed by atoms with Gasteiger partial charge in [0.2, 0.25) is 0 Å². The molecule has 1 aromatic carbocycles. The highest BCUT2D eigenvalue weighted by molar-refractivity contribution is 5.99. The Labute approximate surface area is 110 Å². The van der Waals surface area contributed by atoms with E-state index in [1.54, 1.807) is 19.9 Å². The minimum Gasteiger partial charge on any atom is -0.451 e. The molecule has 0 saturated carbocycles. The van der Waals surface area contributed by atoms with E-state index in [1.807, 2.05) is 18.2 Å². The van der Waals surface area contributed by atoms with Crippen molar-refractivity contribution in [2.24, 2.45) is 0 Å². The number of hydrogen-bond acceptors (Lipinski definition) is 4. The lowest BCUT2D eigenvalue weighted by Crippen LogP contribution is -2.51. The first-order chi connectivity index (χ1) is 9.00. The van der Waals surface area contributed by atoms with E-state index in [4.69, 9.17) is 4.42 Å². The van der Waals surface area contributed by atoms with Crippen LogP contribution in [0.1, 0.15) is 23.0 Å². The Morgan fingerprint density at radius 2 is 1.95 bits per heavy atom. The van der Waals surface area contributed by atoms with Gasteiger partial charge in [0.05, 0.1) is 18.8 Å². The second-order valence-corrected chi connectivity index (χ2v) is 4.88. The molecule has 0 aliphatic carbocycles. The average Bonchev–Trinajstić information content (AvgIpc) is 2.76. The Balaban J connectivity index is 2.34. The van der Waals surface area contributed by atoms with Gasteiger partial charge in [0.1, 0.15) is 5.58 Å². The number of aliphatic hydroxyl groups excluding tert-OH is 2. The third-order valence-electron chi connectivity index (χ3n) is 3.16. The number of nitrogens with one attached hydrogen (secondary N) is 1. The molecular weight excluding hydrogens is 246 g/mol. The van der Waals surface area contributed by atoms with Gasteiger partial charge in [0, 0.05) is 10.9 Å². The van der Waals surface area contributed by atoms with Gasteiger partial charge in [-0.15, -0.1) is 0 Å². The molecule has 0 radical (unpaired) electrons. The number of rotatable bonds is 4. The first-order valence-electron chi connectivity index (χ1n) is 6.03. The predicted octanol–water partition coefficient (Wildman–Crippen LogP) is 1.21. The maximum absolute atomic E-state index is 12.1. The second kappa shape index (κ2) is 5.03. The lowest BCUT2D eigenvalue weighted by atomic mass is 10.0. The van der Waals surface area contributed by atoms with Gasteiger partial charge >= 0.3 is 0 Å². The number of para-hydroxylation sites is 1. The van der Waals surface area contributed by atoms with Crippen molar-refractivity contribution >= 4 is 16.9 Å². The van der Waals surface area contributed by atoms with E-state index in [0.717, 1.165) is 10.9 Å². The van der Waals surface area contributed by atoms with E-state index in [9.17, 15) is 15.0 Å². The van der Waals surface area contributed by atoms with Gasteiger partial charge in [-0.2, -0.15) is 0 Å².